The third-order valence-electron chi connectivity index (χ3n) is 3.72. The Morgan fingerprint density at radius 1 is 1.04 bits per heavy atom. The van der Waals surface area contributed by atoms with Gasteiger partial charge in [0.15, 0.2) is 0 Å². The number of aromatic nitrogens is 1. The van der Waals surface area contributed by atoms with E-state index in [4.69, 9.17) is 11.6 Å². The van der Waals surface area contributed by atoms with Crippen molar-refractivity contribution in [2.75, 3.05) is 0 Å². The minimum atomic E-state index is 0.138. The highest BCUT2D eigenvalue weighted by Gasteiger charge is 2.22. The third kappa shape index (κ3) is 3.22. The van der Waals surface area contributed by atoms with Crippen molar-refractivity contribution in [3.63, 3.8) is 0 Å². The molecular formula is C19H20ClNOS. The molecule has 120 valence electrons. The standard InChI is InChI=1S/C19H20ClNOS/c1-19(2,3)23-12-14-17-15(20)10-7-11-16(17)21(22)18(14)13-8-5-4-6-9-13/h4-11,22H,12H2,1-3H3. The van der Waals surface area contributed by atoms with Gasteiger partial charge < -0.3 is 5.21 Å². The minimum Gasteiger partial charge on any atom is -0.428 e. The van der Waals surface area contributed by atoms with Crippen molar-refractivity contribution in [3.05, 3.63) is 59.1 Å². The van der Waals surface area contributed by atoms with Gasteiger partial charge in [-0.05, 0) is 12.1 Å². The Morgan fingerprint density at radius 3 is 2.39 bits per heavy atom. The van der Waals surface area contributed by atoms with E-state index < -0.39 is 0 Å². The molecular weight excluding hydrogens is 326 g/mol. The lowest BCUT2D eigenvalue weighted by Crippen LogP contribution is -2.07. The number of rotatable bonds is 3. The zero-order valence-corrected chi connectivity index (χ0v) is 15.1. The first-order chi connectivity index (χ1) is 10.9. The first-order valence-electron chi connectivity index (χ1n) is 7.59. The second kappa shape index (κ2) is 6.14. The van der Waals surface area contributed by atoms with E-state index >= 15 is 0 Å². The predicted molar refractivity (Wildman–Crippen MR) is 101 cm³/mol. The Balaban J connectivity index is 2.25. The highest BCUT2D eigenvalue weighted by molar-refractivity contribution is 7.99. The Hall–Kier alpha value is -1.58. The molecule has 4 heteroatoms. The summed E-state index contributed by atoms with van der Waals surface area (Å²) in [4.78, 5) is 0. The predicted octanol–water partition coefficient (Wildman–Crippen LogP) is 6.23. The smallest absolute Gasteiger partial charge is 0.0919 e. The summed E-state index contributed by atoms with van der Waals surface area (Å²) in [5, 5.41) is 12.3. The number of hydrogen-bond donors (Lipinski definition) is 1. The molecule has 0 bridgehead atoms. The number of benzene rings is 2. The van der Waals surface area contributed by atoms with Crippen LogP contribution in [0.5, 0.6) is 0 Å². The molecule has 0 amide bonds. The fraction of sp³-hybridized carbons (Fsp3) is 0.263. The SMILES string of the molecule is CC(C)(C)SCc1c(-c2ccccc2)n(O)c2cccc(Cl)c12. The van der Waals surface area contributed by atoms with Crippen LogP contribution in [0.15, 0.2) is 48.5 Å². The van der Waals surface area contributed by atoms with Gasteiger partial charge in [0.2, 0.25) is 0 Å². The van der Waals surface area contributed by atoms with Crippen molar-refractivity contribution in [1.29, 1.82) is 0 Å². The van der Waals surface area contributed by atoms with Crippen LogP contribution in [0.3, 0.4) is 0 Å². The maximum Gasteiger partial charge on any atom is 0.0919 e. The van der Waals surface area contributed by atoms with Crippen LogP contribution in [-0.4, -0.2) is 14.7 Å². The molecule has 0 aliphatic heterocycles. The minimum absolute atomic E-state index is 0.138. The average molecular weight is 346 g/mol. The zero-order valence-electron chi connectivity index (χ0n) is 13.5. The quantitative estimate of drug-likeness (QED) is 0.569. The molecule has 0 unspecified atom stereocenters. The van der Waals surface area contributed by atoms with E-state index in [9.17, 15) is 5.21 Å². The highest BCUT2D eigenvalue weighted by atomic mass is 35.5. The Bertz CT molecular complexity index is 834. The zero-order chi connectivity index (χ0) is 16.6. The van der Waals surface area contributed by atoms with Gasteiger partial charge in [0.1, 0.15) is 0 Å². The molecule has 0 radical (unpaired) electrons. The van der Waals surface area contributed by atoms with Crippen molar-refractivity contribution in [3.8, 4) is 11.3 Å². The van der Waals surface area contributed by atoms with E-state index in [-0.39, 0.29) is 4.75 Å². The molecule has 0 atom stereocenters. The molecule has 1 aromatic heterocycles. The molecule has 2 aromatic carbocycles. The van der Waals surface area contributed by atoms with Crippen molar-refractivity contribution in [2.24, 2.45) is 0 Å². The van der Waals surface area contributed by atoms with Crippen LogP contribution in [0.4, 0.5) is 0 Å². The van der Waals surface area contributed by atoms with Crippen LogP contribution in [0.2, 0.25) is 5.02 Å². The van der Waals surface area contributed by atoms with E-state index in [0.29, 0.717) is 5.02 Å². The summed E-state index contributed by atoms with van der Waals surface area (Å²) in [5.74, 6) is 0.793. The van der Waals surface area contributed by atoms with E-state index in [2.05, 4.69) is 20.8 Å². The van der Waals surface area contributed by atoms with Gasteiger partial charge in [-0.3, -0.25) is 0 Å². The van der Waals surface area contributed by atoms with E-state index in [1.807, 2.05) is 60.3 Å². The first-order valence-corrected chi connectivity index (χ1v) is 8.95. The summed E-state index contributed by atoms with van der Waals surface area (Å²) >= 11 is 8.30. The highest BCUT2D eigenvalue weighted by Crippen LogP contribution is 2.40. The lowest BCUT2D eigenvalue weighted by Gasteiger charge is -2.18. The van der Waals surface area contributed by atoms with Crippen molar-refractivity contribution in [2.45, 2.75) is 31.3 Å². The monoisotopic (exact) mass is 345 g/mol. The Morgan fingerprint density at radius 2 is 1.74 bits per heavy atom. The van der Waals surface area contributed by atoms with Crippen LogP contribution in [0, 0.1) is 0 Å². The van der Waals surface area contributed by atoms with Crippen molar-refractivity contribution < 1.29 is 5.21 Å². The maximum atomic E-state index is 10.7. The maximum absolute atomic E-state index is 10.7. The molecule has 3 rings (SSSR count). The van der Waals surface area contributed by atoms with Gasteiger partial charge in [-0.2, -0.15) is 16.5 Å². The molecule has 0 spiro atoms. The van der Waals surface area contributed by atoms with Gasteiger partial charge in [-0.1, -0.05) is 68.8 Å². The molecule has 0 saturated carbocycles. The molecule has 23 heavy (non-hydrogen) atoms. The van der Waals surface area contributed by atoms with E-state index in [1.54, 1.807) is 0 Å². The number of nitrogens with zero attached hydrogens (tertiary/aromatic N) is 1. The molecule has 0 aliphatic carbocycles. The van der Waals surface area contributed by atoms with Gasteiger partial charge in [0.05, 0.1) is 16.2 Å². The Kier molecular flexibility index (Phi) is 4.35. The number of halogens is 1. The van der Waals surface area contributed by atoms with Crippen molar-refractivity contribution >= 4 is 34.3 Å². The normalized spacial score (nSPS) is 12.0. The van der Waals surface area contributed by atoms with E-state index in [0.717, 1.165) is 33.5 Å². The summed E-state index contributed by atoms with van der Waals surface area (Å²) in [6.45, 7) is 6.58. The molecule has 0 aliphatic rings. The average Bonchev–Trinajstić information content (AvgIpc) is 2.79. The van der Waals surface area contributed by atoms with E-state index in [1.165, 1.54) is 4.73 Å². The molecule has 0 saturated heterocycles. The summed E-state index contributed by atoms with van der Waals surface area (Å²) < 4.78 is 1.41. The fourth-order valence-electron chi connectivity index (χ4n) is 2.68. The molecule has 0 fully saturated rings. The van der Waals surface area contributed by atoms with Crippen LogP contribution in [-0.2, 0) is 5.75 Å². The summed E-state index contributed by atoms with van der Waals surface area (Å²) in [6, 6.07) is 15.6. The Labute approximate surface area is 146 Å². The van der Waals surface area contributed by atoms with Crippen LogP contribution >= 0.6 is 23.4 Å². The summed E-state index contributed by atoms with van der Waals surface area (Å²) in [6.07, 6.45) is 0. The van der Waals surface area contributed by atoms with Crippen molar-refractivity contribution in [1.82, 2.24) is 4.73 Å². The molecule has 2 nitrogen and oxygen atoms in total. The number of fused-ring (bicyclic) bond motifs is 1. The largest absolute Gasteiger partial charge is 0.428 e. The van der Waals surface area contributed by atoms with Gasteiger partial charge in [0, 0.05) is 27.0 Å². The van der Waals surface area contributed by atoms with Crippen LogP contribution in [0.1, 0.15) is 26.3 Å². The van der Waals surface area contributed by atoms with Gasteiger partial charge in [-0.25, -0.2) is 0 Å². The number of hydrogen-bond acceptors (Lipinski definition) is 2. The van der Waals surface area contributed by atoms with Gasteiger partial charge >= 0.3 is 0 Å². The van der Waals surface area contributed by atoms with Crippen LogP contribution < -0.4 is 0 Å². The topological polar surface area (TPSA) is 25.2 Å². The first kappa shape index (κ1) is 16.3. The lowest BCUT2D eigenvalue weighted by molar-refractivity contribution is 0.204. The molecule has 3 aromatic rings. The second-order valence-electron chi connectivity index (χ2n) is 6.54. The molecule has 1 N–H and O–H groups in total. The fourth-order valence-corrected chi connectivity index (χ4v) is 3.82. The lowest BCUT2D eigenvalue weighted by atomic mass is 10.1. The van der Waals surface area contributed by atoms with Gasteiger partial charge in [-0.15, -0.1) is 0 Å². The summed E-state index contributed by atoms with van der Waals surface area (Å²) in [7, 11) is 0. The second-order valence-corrected chi connectivity index (χ2v) is 8.75. The molecule has 1 heterocycles. The van der Waals surface area contributed by atoms with Gasteiger partial charge in [0.25, 0.3) is 0 Å². The number of thioether (sulfide) groups is 1. The third-order valence-corrected chi connectivity index (χ3v) is 5.33. The van der Waals surface area contributed by atoms with Crippen LogP contribution in [0.25, 0.3) is 22.2 Å². The summed E-state index contributed by atoms with van der Waals surface area (Å²) in [5.41, 5.74) is 3.65.